The van der Waals surface area contributed by atoms with E-state index in [1.165, 1.54) is 6.20 Å². The Morgan fingerprint density at radius 2 is 1.92 bits per heavy atom. The lowest BCUT2D eigenvalue weighted by atomic mass is 10.0. The van der Waals surface area contributed by atoms with Crippen LogP contribution in [0.25, 0.3) is 16.8 Å². The standard InChI is InChI=1S/C27H31N9O3/c1-17-21(10-18(11-28-17)32-24(37)16-34-7-4-6-27(34,2)3)33-25(38)20-13-31-36-15-22(29-14-23(20)36)19-12-30-35-8-5-9-39-26(19)35/h10-15H,4-9,16H2,1-3H3,(H,32,37)(H,33,38). The molecule has 202 valence electrons. The van der Waals surface area contributed by atoms with Crippen LogP contribution in [0.1, 0.15) is 49.2 Å². The van der Waals surface area contributed by atoms with Gasteiger partial charge in [-0.3, -0.25) is 24.5 Å². The van der Waals surface area contributed by atoms with Crippen molar-refractivity contribution in [3.8, 4) is 17.1 Å². The van der Waals surface area contributed by atoms with Gasteiger partial charge in [-0.1, -0.05) is 0 Å². The average molecular weight is 530 g/mol. The van der Waals surface area contributed by atoms with Crippen molar-refractivity contribution in [2.75, 3.05) is 30.3 Å². The lowest BCUT2D eigenvalue weighted by Gasteiger charge is -2.30. The van der Waals surface area contributed by atoms with Crippen LogP contribution < -0.4 is 15.4 Å². The highest BCUT2D eigenvalue weighted by Crippen LogP contribution is 2.31. The van der Waals surface area contributed by atoms with Crippen molar-refractivity contribution in [2.45, 2.75) is 52.1 Å². The van der Waals surface area contributed by atoms with Gasteiger partial charge >= 0.3 is 0 Å². The maximum absolute atomic E-state index is 13.2. The number of rotatable bonds is 6. The molecule has 39 heavy (non-hydrogen) atoms. The summed E-state index contributed by atoms with van der Waals surface area (Å²) in [4.78, 5) is 37.0. The van der Waals surface area contributed by atoms with E-state index < -0.39 is 0 Å². The van der Waals surface area contributed by atoms with E-state index >= 15 is 0 Å². The van der Waals surface area contributed by atoms with E-state index in [9.17, 15) is 9.59 Å². The van der Waals surface area contributed by atoms with Crippen molar-refractivity contribution in [3.05, 3.63) is 48.3 Å². The fourth-order valence-electron chi connectivity index (χ4n) is 5.19. The first-order valence-corrected chi connectivity index (χ1v) is 13.1. The Labute approximate surface area is 225 Å². The van der Waals surface area contributed by atoms with Gasteiger partial charge in [-0.15, -0.1) is 0 Å². The van der Waals surface area contributed by atoms with Gasteiger partial charge in [0, 0.05) is 18.5 Å². The summed E-state index contributed by atoms with van der Waals surface area (Å²) in [6, 6.07) is 1.72. The highest BCUT2D eigenvalue weighted by molar-refractivity contribution is 6.09. The minimum Gasteiger partial charge on any atom is -0.477 e. The van der Waals surface area contributed by atoms with Crippen LogP contribution in [-0.2, 0) is 11.3 Å². The molecule has 6 heterocycles. The van der Waals surface area contributed by atoms with E-state index in [1.807, 2.05) is 4.68 Å². The van der Waals surface area contributed by atoms with Crippen LogP contribution in [0.4, 0.5) is 11.4 Å². The largest absolute Gasteiger partial charge is 0.477 e. The predicted molar refractivity (Wildman–Crippen MR) is 145 cm³/mol. The van der Waals surface area contributed by atoms with Crippen LogP contribution in [0, 0.1) is 6.92 Å². The Balaban J connectivity index is 1.17. The molecule has 1 fully saturated rings. The normalized spacial score (nSPS) is 16.6. The van der Waals surface area contributed by atoms with Gasteiger partial charge in [0.15, 0.2) is 0 Å². The number of nitrogens with one attached hydrogen (secondary N) is 2. The third-order valence-electron chi connectivity index (χ3n) is 7.50. The number of ether oxygens (including phenoxy) is 1. The summed E-state index contributed by atoms with van der Waals surface area (Å²) < 4.78 is 9.23. The summed E-state index contributed by atoms with van der Waals surface area (Å²) in [5, 5.41) is 14.6. The molecule has 1 saturated heterocycles. The number of hydrogen-bond acceptors (Lipinski definition) is 8. The first-order valence-electron chi connectivity index (χ1n) is 13.1. The van der Waals surface area contributed by atoms with E-state index in [0.717, 1.165) is 37.9 Å². The second-order valence-electron chi connectivity index (χ2n) is 10.6. The van der Waals surface area contributed by atoms with E-state index in [4.69, 9.17) is 4.74 Å². The maximum Gasteiger partial charge on any atom is 0.259 e. The first-order chi connectivity index (χ1) is 18.8. The lowest BCUT2D eigenvalue weighted by Crippen LogP contribution is -2.42. The summed E-state index contributed by atoms with van der Waals surface area (Å²) in [7, 11) is 0. The van der Waals surface area contributed by atoms with Gasteiger partial charge in [0.05, 0.1) is 83.5 Å². The number of aryl methyl sites for hydroxylation is 2. The van der Waals surface area contributed by atoms with E-state index in [1.54, 1.807) is 42.3 Å². The molecule has 4 aromatic heterocycles. The van der Waals surface area contributed by atoms with Crippen LogP contribution >= 0.6 is 0 Å². The van der Waals surface area contributed by atoms with Crippen molar-refractivity contribution in [1.29, 1.82) is 0 Å². The molecule has 0 unspecified atom stereocenters. The lowest BCUT2D eigenvalue weighted by molar-refractivity contribution is -0.118. The highest BCUT2D eigenvalue weighted by atomic mass is 16.5. The van der Waals surface area contributed by atoms with Crippen molar-refractivity contribution >= 4 is 28.7 Å². The minimum absolute atomic E-state index is 0.0121. The predicted octanol–water partition coefficient (Wildman–Crippen LogP) is 3.14. The van der Waals surface area contributed by atoms with Gasteiger partial charge in [-0.25, -0.2) is 9.20 Å². The third-order valence-corrected chi connectivity index (χ3v) is 7.50. The Bertz CT molecular complexity index is 1570. The van der Waals surface area contributed by atoms with Crippen molar-refractivity contribution in [3.63, 3.8) is 0 Å². The van der Waals surface area contributed by atoms with Gasteiger partial charge in [-0.2, -0.15) is 10.2 Å². The molecule has 2 amide bonds. The molecule has 4 aromatic rings. The quantitative estimate of drug-likeness (QED) is 0.389. The number of nitrogens with zero attached hydrogens (tertiary/aromatic N) is 7. The Morgan fingerprint density at radius 3 is 2.74 bits per heavy atom. The molecule has 6 rings (SSSR count). The van der Waals surface area contributed by atoms with Gasteiger partial charge in [0.2, 0.25) is 11.8 Å². The smallest absolute Gasteiger partial charge is 0.259 e. The van der Waals surface area contributed by atoms with Crippen molar-refractivity contribution in [1.82, 2.24) is 34.3 Å². The number of hydrogen-bond donors (Lipinski definition) is 2. The van der Waals surface area contributed by atoms with Crippen LogP contribution in [0.15, 0.2) is 37.1 Å². The van der Waals surface area contributed by atoms with E-state index in [0.29, 0.717) is 52.9 Å². The molecule has 0 aromatic carbocycles. The molecular formula is C27H31N9O3. The minimum atomic E-state index is -0.349. The van der Waals surface area contributed by atoms with Crippen molar-refractivity contribution in [2.24, 2.45) is 0 Å². The number of anilines is 2. The van der Waals surface area contributed by atoms with Gasteiger partial charge in [0.1, 0.15) is 0 Å². The zero-order chi connectivity index (χ0) is 27.1. The molecule has 0 bridgehead atoms. The van der Waals surface area contributed by atoms with E-state index in [-0.39, 0.29) is 17.4 Å². The molecule has 0 spiro atoms. The van der Waals surface area contributed by atoms with Gasteiger partial charge < -0.3 is 15.4 Å². The zero-order valence-corrected chi connectivity index (χ0v) is 22.3. The molecule has 2 N–H and O–H groups in total. The van der Waals surface area contributed by atoms with Crippen LogP contribution in [0.5, 0.6) is 5.88 Å². The fourth-order valence-corrected chi connectivity index (χ4v) is 5.19. The number of likely N-dealkylation sites (tertiary alicyclic amines) is 1. The third kappa shape index (κ3) is 4.83. The molecule has 0 saturated carbocycles. The van der Waals surface area contributed by atoms with Crippen LogP contribution in [0.3, 0.4) is 0 Å². The monoisotopic (exact) mass is 529 g/mol. The summed E-state index contributed by atoms with van der Waals surface area (Å²) >= 11 is 0. The summed E-state index contributed by atoms with van der Waals surface area (Å²) in [6.45, 7) is 8.78. The average Bonchev–Trinajstić information content (AvgIpc) is 3.62. The van der Waals surface area contributed by atoms with Gasteiger partial charge in [0.25, 0.3) is 5.91 Å². The Kier molecular flexibility index (Phi) is 6.26. The number of aromatic nitrogens is 6. The number of fused-ring (bicyclic) bond motifs is 2. The number of pyridine rings is 1. The topological polar surface area (TPSA) is 132 Å². The van der Waals surface area contributed by atoms with Gasteiger partial charge in [-0.05, 0) is 46.2 Å². The maximum atomic E-state index is 13.2. The Morgan fingerprint density at radius 1 is 1.05 bits per heavy atom. The summed E-state index contributed by atoms with van der Waals surface area (Å²) in [5.74, 6) is 0.234. The number of amides is 2. The second kappa shape index (κ2) is 9.77. The molecule has 0 aliphatic carbocycles. The molecule has 2 aliphatic rings. The molecule has 0 atom stereocenters. The molecule has 0 radical (unpaired) electrons. The van der Waals surface area contributed by atoms with Crippen molar-refractivity contribution < 1.29 is 14.3 Å². The van der Waals surface area contributed by atoms with Crippen LogP contribution in [-0.4, -0.2) is 71.3 Å². The fraction of sp³-hybridized carbons (Fsp3) is 0.407. The molecular weight excluding hydrogens is 498 g/mol. The first kappa shape index (κ1) is 25.0. The summed E-state index contributed by atoms with van der Waals surface area (Å²) in [6.07, 6.45) is 11.3. The number of carbonyl (C=O) groups is 2. The zero-order valence-electron chi connectivity index (χ0n) is 22.3. The highest BCUT2D eigenvalue weighted by Gasteiger charge is 2.33. The molecule has 2 aliphatic heterocycles. The summed E-state index contributed by atoms with van der Waals surface area (Å²) in [5.41, 5.74) is 4.04. The SMILES string of the molecule is Cc1ncc(NC(=O)CN2CCCC2(C)C)cc1NC(=O)c1cnn2cc(-c3cnn4c3OCCC4)ncc12. The molecule has 12 nitrogen and oxygen atoms in total. The second-order valence-corrected chi connectivity index (χ2v) is 10.6. The van der Waals surface area contributed by atoms with E-state index in [2.05, 4.69) is 49.5 Å². The number of carbonyl (C=O) groups excluding carboxylic acids is 2. The Hall–Kier alpha value is -4.32. The van der Waals surface area contributed by atoms with Crippen LogP contribution in [0.2, 0.25) is 0 Å². The molecule has 12 heteroatoms.